The molecule has 0 unspecified atom stereocenters. The summed E-state index contributed by atoms with van der Waals surface area (Å²) in [6, 6.07) is -0.818. The summed E-state index contributed by atoms with van der Waals surface area (Å²) < 4.78 is 20.0. The molecule has 0 saturated carbocycles. The van der Waals surface area contributed by atoms with E-state index in [0.717, 1.165) is 0 Å². The van der Waals surface area contributed by atoms with Crippen molar-refractivity contribution in [2.75, 3.05) is 27.4 Å². The Bertz CT molecular complexity index is 306. The standard InChI is InChI=1S/C13H25NO6/c1-9(14-12(16)20-13(2,3)4)11(15)19-10(7-17-5)8-18-6/h9-10H,7-8H2,1-6H3,(H,14,16)/t9-/m0/s1. The molecule has 1 atom stereocenters. The van der Waals surface area contributed by atoms with Crippen LogP contribution in [0.4, 0.5) is 4.79 Å². The average molecular weight is 291 g/mol. The van der Waals surface area contributed by atoms with Crippen LogP contribution >= 0.6 is 0 Å². The molecule has 0 aromatic heterocycles. The van der Waals surface area contributed by atoms with Gasteiger partial charge in [-0.3, -0.25) is 0 Å². The van der Waals surface area contributed by atoms with Crippen molar-refractivity contribution in [3.05, 3.63) is 0 Å². The van der Waals surface area contributed by atoms with Gasteiger partial charge in [-0.2, -0.15) is 0 Å². The van der Waals surface area contributed by atoms with Crippen LogP contribution in [0.15, 0.2) is 0 Å². The predicted octanol–water partition coefficient (Wildman–Crippen LogP) is 1.10. The third-order valence-electron chi connectivity index (χ3n) is 2.07. The van der Waals surface area contributed by atoms with Crippen LogP contribution in [-0.4, -0.2) is 57.2 Å². The minimum atomic E-state index is -0.818. The molecular weight excluding hydrogens is 266 g/mol. The van der Waals surface area contributed by atoms with Crippen LogP contribution in [-0.2, 0) is 23.7 Å². The number of carbonyl (C=O) groups excluding carboxylic acids is 2. The van der Waals surface area contributed by atoms with Crippen LogP contribution in [0, 0.1) is 0 Å². The van der Waals surface area contributed by atoms with E-state index in [-0.39, 0.29) is 13.2 Å². The molecule has 7 nitrogen and oxygen atoms in total. The maximum atomic E-state index is 11.8. The monoisotopic (exact) mass is 291 g/mol. The molecule has 118 valence electrons. The SMILES string of the molecule is COCC(COC)OC(=O)[C@H](C)NC(=O)OC(C)(C)C. The van der Waals surface area contributed by atoms with Crippen LogP contribution in [0.25, 0.3) is 0 Å². The highest BCUT2D eigenvalue weighted by Crippen LogP contribution is 2.07. The van der Waals surface area contributed by atoms with Crippen molar-refractivity contribution in [2.24, 2.45) is 0 Å². The summed E-state index contributed by atoms with van der Waals surface area (Å²) in [4.78, 5) is 23.3. The first-order valence-electron chi connectivity index (χ1n) is 6.37. The lowest BCUT2D eigenvalue weighted by Crippen LogP contribution is -2.44. The Balaban J connectivity index is 4.29. The fraction of sp³-hybridized carbons (Fsp3) is 0.846. The molecule has 0 bridgehead atoms. The van der Waals surface area contributed by atoms with E-state index in [0.29, 0.717) is 0 Å². The lowest BCUT2D eigenvalue weighted by atomic mass is 10.2. The van der Waals surface area contributed by atoms with Gasteiger partial charge in [0.15, 0.2) is 0 Å². The number of hydrogen-bond donors (Lipinski definition) is 1. The van der Waals surface area contributed by atoms with E-state index in [9.17, 15) is 9.59 Å². The van der Waals surface area contributed by atoms with Gasteiger partial charge in [0.2, 0.25) is 0 Å². The molecule has 0 aliphatic rings. The zero-order valence-electron chi connectivity index (χ0n) is 13.0. The van der Waals surface area contributed by atoms with Gasteiger partial charge in [0.25, 0.3) is 0 Å². The fourth-order valence-corrected chi connectivity index (χ4v) is 1.30. The lowest BCUT2D eigenvalue weighted by molar-refractivity contribution is -0.156. The molecule has 0 radical (unpaired) electrons. The normalized spacial score (nSPS) is 12.9. The molecule has 0 fully saturated rings. The Hall–Kier alpha value is -1.34. The second-order valence-electron chi connectivity index (χ2n) is 5.34. The summed E-state index contributed by atoms with van der Waals surface area (Å²) in [6.45, 7) is 7.18. The van der Waals surface area contributed by atoms with Gasteiger partial charge in [-0.15, -0.1) is 0 Å². The van der Waals surface area contributed by atoms with Gasteiger partial charge in [-0.25, -0.2) is 9.59 Å². The van der Waals surface area contributed by atoms with Crippen molar-refractivity contribution in [1.82, 2.24) is 5.32 Å². The van der Waals surface area contributed by atoms with Crippen LogP contribution in [0.2, 0.25) is 0 Å². The summed E-state index contributed by atoms with van der Waals surface area (Å²) in [7, 11) is 3.00. The first kappa shape index (κ1) is 18.7. The summed E-state index contributed by atoms with van der Waals surface area (Å²) in [6.07, 6.45) is -1.18. The lowest BCUT2D eigenvalue weighted by Gasteiger charge is -2.22. The molecule has 0 spiro atoms. The molecule has 0 aromatic carbocycles. The quantitative estimate of drug-likeness (QED) is 0.707. The van der Waals surface area contributed by atoms with E-state index in [4.69, 9.17) is 18.9 Å². The summed E-state index contributed by atoms with van der Waals surface area (Å²) in [5.41, 5.74) is -0.623. The van der Waals surface area contributed by atoms with Gasteiger partial charge in [-0.05, 0) is 27.7 Å². The molecule has 0 heterocycles. The smallest absolute Gasteiger partial charge is 0.408 e. The van der Waals surface area contributed by atoms with Gasteiger partial charge >= 0.3 is 12.1 Å². The minimum absolute atomic E-state index is 0.221. The first-order valence-corrected chi connectivity index (χ1v) is 6.37. The Morgan fingerprint density at radius 3 is 2.00 bits per heavy atom. The number of alkyl carbamates (subject to hydrolysis) is 1. The Morgan fingerprint density at radius 2 is 1.60 bits per heavy atom. The van der Waals surface area contributed by atoms with E-state index in [1.54, 1.807) is 20.8 Å². The first-order chi connectivity index (χ1) is 9.19. The van der Waals surface area contributed by atoms with Crippen LogP contribution < -0.4 is 5.32 Å². The Labute approximate surface area is 119 Å². The zero-order chi connectivity index (χ0) is 15.8. The van der Waals surface area contributed by atoms with Gasteiger partial charge in [0.1, 0.15) is 17.7 Å². The van der Waals surface area contributed by atoms with Gasteiger partial charge < -0.3 is 24.3 Å². The number of methoxy groups -OCH3 is 2. The third-order valence-corrected chi connectivity index (χ3v) is 2.07. The topological polar surface area (TPSA) is 83.1 Å². The highest BCUT2D eigenvalue weighted by atomic mass is 16.6. The third kappa shape index (κ3) is 8.71. The van der Waals surface area contributed by atoms with E-state index < -0.39 is 29.8 Å². The molecule has 0 aromatic rings. The minimum Gasteiger partial charge on any atom is -0.456 e. The van der Waals surface area contributed by atoms with Gasteiger partial charge in [0, 0.05) is 14.2 Å². The molecule has 0 aliphatic carbocycles. The van der Waals surface area contributed by atoms with Crippen LogP contribution in [0.1, 0.15) is 27.7 Å². The molecule has 0 aliphatic heterocycles. The molecule has 0 saturated heterocycles. The highest BCUT2D eigenvalue weighted by Gasteiger charge is 2.24. The van der Waals surface area contributed by atoms with E-state index in [1.807, 2.05) is 0 Å². The molecule has 1 N–H and O–H groups in total. The molecular formula is C13H25NO6. The summed E-state index contributed by atoms with van der Waals surface area (Å²) in [5, 5.41) is 2.41. The number of hydrogen-bond acceptors (Lipinski definition) is 6. The van der Waals surface area contributed by atoms with Crippen LogP contribution in [0.5, 0.6) is 0 Å². The average Bonchev–Trinajstić information content (AvgIpc) is 2.26. The number of esters is 1. The second kappa shape index (κ2) is 8.76. The number of rotatable bonds is 7. The van der Waals surface area contributed by atoms with E-state index in [2.05, 4.69) is 5.32 Å². The van der Waals surface area contributed by atoms with Crippen molar-refractivity contribution >= 4 is 12.1 Å². The maximum Gasteiger partial charge on any atom is 0.408 e. The van der Waals surface area contributed by atoms with Crippen molar-refractivity contribution in [3.8, 4) is 0 Å². The van der Waals surface area contributed by atoms with Crippen molar-refractivity contribution in [3.63, 3.8) is 0 Å². The number of amides is 1. The van der Waals surface area contributed by atoms with Crippen LogP contribution in [0.3, 0.4) is 0 Å². The highest BCUT2D eigenvalue weighted by molar-refractivity contribution is 5.81. The number of carbonyl (C=O) groups is 2. The number of ether oxygens (including phenoxy) is 4. The maximum absolute atomic E-state index is 11.8. The van der Waals surface area contributed by atoms with Crippen molar-refractivity contribution < 1.29 is 28.5 Å². The predicted molar refractivity (Wildman–Crippen MR) is 72.5 cm³/mol. The van der Waals surface area contributed by atoms with E-state index >= 15 is 0 Å². The van der Waals surface area contributed by atoms with E-state index in [1.165, 1.54) is 21.1 Å². The Kier molecular flexibility index (Phi) is 8.17. The van der Waals surface area contributed by atoms with Crippen molar-refractivity contribution in [1.29, 1.82) is 0 Å². The summed E-state index contributed by atoms with van der Waals surface area (Å²) >= 11 is 0. The van der Waals surface area contributed by atoms with Crippen molar-refractivity contribution in [2.45, 2.75) is 45.4 Å². The second-order valence-corrected chi connectivity index (χ2v) is 5.34. The fourth-order valence-electron chi connectivity index (χ4n) is 1.30. The summed E-state index contributed by atoms with van der Waals surface area (Å²) in [5.74, 6) is -0.574. The Morgan fingerprint density at radius 1 is 1.10 bits per heavy atom. The van der Waals surface area contributed by atoms with Gasteiger partial charge in [-0.1, -0.05) is 0 Å². The molecule has 0 rings (SSSR count). The number of nitrogens with one attached hydrogen (secondary N) is 1. The molecule has 1 amide bonds. The molecule has 20 heavy (non-hydrogen) atoms. The zero-order valence-corrected chi connectivity index (χ0v) is 13.0. The van der Waals surface area contributed by atoms with Gasteiger partial charge in [0.05, 0.1) is 13.2 Å². The largest absolute Gasteiger partial charge is 0.456 e. The molecule has 7 heteroatoms.